The number of carbonyl (C=O) groups is 2. The topological polar surface area (TPSA) is 84.2 Å². The van der Waals surface area contributed by atoms with Gasteiger partial charge in [-0.2, -0.15) is 11.8 Å². The lowest BCUT2D eigenvalue weighted by Crippen LogP contribution is -2.46. The van der Waals surface area contributed by atoms with Crippen LogP contribution in [0.2, 0.25) is 0 Å². The zero-order valence-electron chi connectivity index (χ0n) is 13.8. The third kappa shape index (κ3) is 8.25. The van der Waals surface area contributed by atoms with Gasteiger partial charge in [0.15, 0.2) is 0 Å². The average molecular weight is 360 g/mol. The van der Waals surface area contributed by atoms with Crippen molar-refractivity contribution in [3.8, 4) is 0 Å². The van der Waals surface area contributed by atoms with Crippen LogP contribution in [0.25, 0.3) is 0 Å². The molecule has 0 unspecified atom stereocenters. The molecule has 7 heteroatoms. The Hall–Kier alpha value is -1.24. The fraction of sp³-hybridized carbons (Fsp3) is 0.500. The third-order valence-corrected chi connectivity index (χ3v) is 3.89. The minimum Gasteiger partial charge on any atom is -0.346 e. The van der Waals surface area contributed by atoms with Gasteiger partial charge < -0.3 is 16.4 Å². The molecule has 0 radical (unpaired) electrons. The molecule has 0 saturated heterocycles. The predicted molar refractivity (Wildman–Crippen MR) is 100 cm³/mol. The van der Waals surface area contributed by atoms with Crippen molar-refractivity contribution in [3.05, 3.63) is 29.8 Å². The average Bonchev–Trinajstić information content (AvgIpc) is 2.51. The summed E-state index contributed by atoms with van der Waals surface area (Å²) in [7, 11) is 0. The van der Waals surface area contributed by atoms with Crippen molar-refractivity contribution in [1.82, 2.24) is 5.32 Å². The highest BCUT2D eigenvalue weighted by atomic mass is 35.5. The second kappa shape index (κ2) is 11.3. The number of nitrogens with one attached hydrogen (secondary N) is 2. The van der Waals surface area contributed by atoms with Crippen molar-refractivity contribution in [1.29, 1.82) is 0 Å². The molecular weight excluding hydrogens is 334 g/mol. The van der Waals surface area contributed by atoms with Crippen molar-refractivity contribution in [2.75, 3.05) is 23.9 Å². The van der Waals surface area contributed by atoms with Gasteiger partial charge in [-0.15, -0.1) is 12.4 Å². The summed E-state index contributed by atoms with van der Waals surface area (Å²) in [5.74, 6) is 0.545. The van der Waals surface area contributed by atoms with Crippen LogP contribution in [-0.2, 0) is 16.0 Å². The molecule has 1 rings (SSSR count). The summed E-state index contributed by atoms with van der Waals surface area (Å²) in [6, 6.07) is 7.14. The Labute approximate surface area is 148 Å². The maximum atomic E-state index is 11.8. The van der Waals surface area contributed by atoms with Gasteiger partial charge in [0, 0.05) is 5.69 Å². The van der Waals surface area contributed by atoms with E-state index < -0.39 is 6.04 Å². The lowest BCUT2D eigenvalue weighted by Gasteiger charge is -2.15. The van der Waals surface area contributed by atoms with Crippen LogP contribution in [0, 0.1) is 5.92 Å². The number of aryl methyl sites for hydroxylation is 1. The van der Waals surface area contributed by atoms with Crippen LogP contribution in [0.5, 0.6) is 0 Å². The fourth-order valence-electron chi connectivity index (χ4n) is 1.77. The summed E-state index contributed by atoms with van der Waals surface area (Å²) in [5, 5.41) is 5.29. The summed E-state index contributed by atoms with van der Waals surface area (Å²) in [6.45, 7) is 3.65. The maximum absolute atomic E-state index is 11.8. The van der Waals surface area contributed by atoms with Crippen LogP contribution in [0.15, 0.2) is 24.3 Å². The van der Waals surface area contributed by atoms with E-state index in [1.807, 2.05) is 38.1 Å². The largest absolute Gasteiger partial charge is 0.346 e. The van der Waals surface area contributed by atoms with Crippen LogP contribution in [0.3, 0.4) is 0 Å². The summed E-state index contributed by atoms with van der Waals surface area (Å²) in [5.41, 5.74) is 7.67. The van der Waals surface area contributed by atoms with Gasteiger partial charge in [-0.1, -0.05) is 26.0 Å². The Morgan fingerprint density at radius 2 is 1.83 bits per heavy atom. The van der Waals surface area contributed by atoms with E-state index in [0.29, 0.717) is 0 Å². The van der Waals surface area contributed by atoms with Crippen molar-refractivity contribution < 1.29 is 9.59 Å². The molecule has 0 spiro atoms. The highest BCUT2D eigenvalue weighted by Gasteiger charge is 2.17. The van der Waals surface area contributed by atoms with Crippen molar-refractivity contribution >= 4 is 41.7 Å². The van der Waals surface area contributed by atoms with Gasteiger partial charge in [-0.05, 0) is 42.0 Å². The molecule has 5 nitrogen and oxygen atoms in total. The number of hydrogen-bond donors (Lipinski definition) is 3. The maximum Gasteiger partial charge on any atom is 0.243 e. The molecule has 0 aliphatic heterocycles. The van der Waals surface area contributed by atoms with E-state index in [9.17, 15) is 9.59 Å². The minimum atomic E-state index is -0.594. The highest BCUT2D eigenvalue weighted by Crippen LogP contribution is 2.11. The van der Waals surface area contributed by atoms with Crippen LogP contribution < -0.4 is 16.4 Å². The molecule has 0 saturated carbocycles. The van der Waals surface area contributed by atoms with Crippen LogP contribution >= 0.6 is 24.2 Å². The van der Waals surface area contributed by atoms with Gasteiger partial charge in [0.1, 0.15) is 0 Å². The molecule has 0 heterocycles. The number of amides is 2. The molecule has 1 aromatic rings. The van der Waals surface area contributed by atoms with Crippen LogP contribution in [0.1, 0.15) is 19.4 Å². The fourth-order valence-corrected chi connectivity index (χ4v) is 2.21. The third-order valence-electron chi connectivity index (χ3n) is 3.28. The molecule has 23 heavy (non-hydrogen) atoms. The van der Waals surface area contributed by atoms with Gasteiger partial charge >= 0.3 is 0 Å². The molecule has 0 bridgehead atoms. The Bertz CT molecular complexity index is 495. The lowest BCUT2D eigenvalue weighted by molar-refractivity contribution is -0.125. The molecular formula is C16H26ClN3O2S. The monoisotopic (exact) mass is 359 g/mol. The van der Waals surface area contributed by atoms with E-state index in [4.69, 9.17) is 5.73 Å². The number of anilines is 1. The molecule has 1 atom stereocenters. The van der Waals surface area contributed by atoms with E-state index in [0.717, 1.165) is 17.9 Å². The first-order valence-electron chi connectivity index (χ1n) is 7.35. The number of hydrogen-bond acceptors (Lipinski definition) is 4. The summed E-state index contributed by atoms with van der Waals surface area (Å²) < 4.78 is 0. The van der Waals surface area contributed by atoms with Crippen molar-refractivity contribution in [2.45, 2.75) is 26.3 Å². The number of nitrogens with two attached hydrogens (primary N) is 1. The van der Waals surface area contributed by atoms with Gasteiger partial charge in [0.25, 0.3) is 0 Å². The van der Waals surface area contributed by atoms with E-state index in [1.54, 1.807) is 11.8 Å². The first-order chi connectivity index (χ1) is 10.4. The normalized spacial score (nSPS) is 11.5. The van der Waals surface area contributed by atoms with E-state index >= 15 is 0 Å². The summed E-state index contributed by atoms with van der Waals surface area (Å²) in [6.07, 6.45) is 3.09. The standard InChI is InChI=1S/C16H25N3O2S.ClH/c1-11(2)15(17)16(21)18-10-14(20)19-13-6-4-12(5-7-13)8-9-22-3;/h4-7,11,15H,8-10,17H2,1-3H3,(H,18,21)(H,19,20);1H/t15-;/m0./s1. The van der Waals surface area contributed by atoms with E-state index in [2.05, 4.69) is 16.9 Å². The van der Waals surface area contributed by atoms with Gasteiger partial charge in [-0.3, -0.25) is 9.59 Å². The quantitative estimate of drug-likeness (QED) is 0.663. The van der Waals surface area contributed by atoms with Gasteiger partial charge in [0.05, 0.1) is 12.6 Å². The Morgan fingerprint density at radius 1 is 1.22 bits per heavy atom. The lowest BCUT2D eigenvalue weighted by atomic mass is 10.1. The first kappa shape index (κ1) is 21.8. The van der Waals surface area contributed by atoms with Crippen molar-refractivity contribution in [3.63, 3.8) is 0 Å². The second-order valence-electron chi connectivity index (χ2n) is 5.48. The number of thioether (sulfide) groups is 1. The van der Waals surface area contributed by atoms with E-state index in [1.165, 1.54) is 5.56 Å². The number of benzene rings is 1. The number of halogens is 1. The highest BCUT2D eigenvalue weighted by molar-refractivity contribution is 7.98. The second-order valence-corrected chi connectivity index (χ2v) is 6.46. The molecule has 0 aliphatic carbocycles. The van der Waals surface area contributed by atoms with E-state index in [-0.39, 0.29) is 36.7 Å². The molecule has 0 aliphatic rings. The Kier molecular flexibility index (Phi) is 10.7. The van der Waals surface area contributed by atoms with Crippen LogP contribution in [0.4, 0.5) is 5.69 Å². The number of carbonyl (C=O) groups excluding carboxylic acids is 2. The summed E-state index contributed by atoms with van der Waals surface area (Å²) in [4.78, 5) is 23.5. The van der Waals surface area contributed by atoms with Gasteiger partial charge in [-0.25, -0.2) is 0 Å². The van der Waals surface area contributed by atoms with Crippen molar-refractivity contribution in [2.24, 2.45) is 11.7 Å². The molecule has 0 aromatic heterocycles. The Morgan fingerprint density at radius 3 is 2.35 bits per heavy atom. The van der Waals surface area contributed by atoms with Gasteiger partial charge in [0.2, 0.25) is 11.8 Å². The smallest absolute Gasteiger partial charge is 0.243 e. The predicted octanol–water partition coefficient (Wildman–Crippen LogP) is 2.05. The molecule has 130 valence electrons. The zero-order chi connectivity index (χ0) is 16.5. The number of rotatable bonds is 8. The first-order valence-corrected chi connectivity index (χ1v) is 8.74. The molecule has 4 N–H and O–H groups in total. The SMILES string of the molecule is CSCCc1ccc(NC(=O)CNC(=O)[C@@H](N)C(C)C)cc1.Cl. The molecule has 2 amide bonds. The molecule has 1 aromatic carbocycles. The Balaban J connectivity index is 0.00000484. The zero-order valence-corrected chi connectivity index (χ0v) is 15.4. The molecule has 0 fully saturated rings. The summed E-state index contributed by atoms with van der Waals surface area (Å²) >= 11 is 1.80. The minimum absolute atomic E-state index is 0. The van der Waals surface area contributed by atoms with Crippen LogP contribution in [-0.4, -0.2) is 36.4 Å².